The van der Waals surface area contributed by atoms with Gasteiger partial charge in [-0.2, -0.15) is 0 Å². The molecule has 1 aliphatic heterocycles. The van der Waals surface area contributed by atoms with Crippen molar-refractivity contribution in [3.05, 3.63) is 40.1 Å². The number of rotatable bonds is 2. The van der Waals surface area contributed by atoms with Crippen LogP contribution in [0.5, 0.6) is 17.2 Å². The molecule has 2 atom stereocenters. The van der Waals surface area contributed by atoms with Crippen molar-refractivity contribution in [1.29, 1.82) is 0 Å². The zero-order valence-electron chi connectivity index (χ0n) is 13.9. The van der Waals surface area contributed by atoms with Crippen molar-refractivity contribution in [2.75, 3.05) is 0 Å². The molecule has 4 rings (SSSR count). The van der Waals surface area contributed by atoms with E-state index in [-0.39, 0.29) is 28.9 Å². The summed E-state index contributed by atoms with van der Waals surface area (Å²) < 4.78 is 5.62. The smallest absolute Gasteiger partial charge is 0.224 e. The lowest BCUT2D eigenvalue weighted by molar-refractivity contribution is -0.112. The summed E-state index contributed by atoms with van der Waals surface area (Å²) in [5, 5.41) is 30.8. The molecule has 3 aliphatic rings. The Hall–Kier alpha value is -3.02. The first-order valence-corrected chi connectivity index (χ1v) is 8.61. The first-order chi connectivity index (χ1) is 12.5. The van der Waals surface area contributed by atoms with Crippen LogP contribution in [0.2, 0.25) is 0 Å². The van der Waals surface area contributed by atoms with E-state index < -0.39 is 16.9 Å². The third-order valence-electron chi connectivity index (χ3n) is 5.35. The highest BCUT2D eigenvalue weighted by molar-refractivity contribution is 5.94. The van der Waals surface area contributed by atoms with E-state index in [0.29, 0.717) is 10.9 Å². The summed E-state index contributed by atoms with van der Waals surface area (Å²) in [4.78, 5) is 23.5. The largest absolute Gasteiger partial charge is 0.504 e. The second-order valence-corrected chi connectivity index (χ2v) is 6.81. The van der Waals surface area contributed by atoms with Crippen molar-refractivity contribution in [1.82, 2.24) is 0 Å². The lowest BCUT2D eigenvalue weighted by atomic mass is 9.73. The van der Waals surface area contributed by atoms with E-state index >= 15 is 0 Å². The van der Waals surface area contributed by atoms with Crippen LogP contribution < -0.4 is 5.43 Å². The zero-order chi connectivity index (χ0) is 18.4. The summed E-state index contributed by atoms with van der Waals surface area (Å²) in [6, 6.07) is 5.84. The van der Waals surface area contributed by atoms with Crippen molar-refractivity contribution in [3.63, 3.8) is 0 Å². The summed E-state index contributed by atoms with van der Waals surface area (Å²) >= 11 is 0. The fourth-order valence-corrected chi connectivity index (χ4v) is 4.07. The molecular formula is C20H18O6. The Morgan fingerprint density at radius 3 is 2.54 bits per heavy atom. The van der Waals surface area contributed by atoms with Crippen LogP contribution in [0, 0.1) is 5.92 Å². The highest BCUT2D eigenvalue weighted by Crippen LogP contribution is 2.49. The van der Waals surface area contributed by atoms with Gasteiger partial charge in [0, 0.05) is 16.9 Å². The SMILES string of the molecule is O=C[C@@H]1CCCCC1c1c2ccc(=O)c(O)c-2oc2c(O)c(O)ccc12. The predicted octanol–water partition coefficient (Wildman–Crippen LogP) is 3.49. The number of carbonyl (C=O) groups is 1. The molecule has 6 heteroatoms. The molecule has 0 spiro atoms. The Morgan fingerprint density at radius 2 is 1.77 bits per heavy atom. The van der Waals surface area contributed by atoms with E-state index in [1.807, 2.05) is 0 Å². The van der Waals surface area contributed by atoms with Crippen molar-refractivity contribution in [2.45, 2.75) is 31.6 Å². The maximum atomic E-state index is 11.9. The van der Waals surface area contributed by atoms with Crippen molar-refractivity contribution in [2.24, 2.45) is 5.92 Å². The minimum absolute atomic E-state index is 0.0105. The molecule has 2 aliphatic carbocycles. The van der Waals surface area contributed by atoms with Crippen LogP contribution in [0.4, 0.5) is 0 Å². The van der Waals surface area contributed by atoms with Crippen LogP contribution in [0.25, 0.3) is 22.3 Å². The van der Waals surface area contributed by atoms with Gasteiger partial charge in [0.05, 0.1) is 0 Å². The van der Waals surface area contributed by atoms with Gasteiger partial charge in [-0.05, 0) is 48.6 Å². The highest BCUT2D eigenvalue weighted by Gasteiger charge is 2.33. The third kappa shape index (κ3) is 2.33. The standard InChI is InChI=1S/C20H18O6/c21-9-10-3-1-2-4-11(10)16-12-5-7-14(22)17(24)19(12)26-20-13(16)6-8-15(23)18(20)25/h5-11,22,24-25H,1-4H2/t10-,11?/m0/s1. The number of hydrogen-bond donors (Lipinski definition) is 3. The molecule has 1 aromatic carbocycles. The third-order valence-corrected chi connectivity index (χ3v) is 5.35. The number of aldehydes is 1. The summed E-state index contributed by atoms with van der Waals surface area (Å²) in [7, 11) is 0. The number of benzene rings is 2. The van der Waals surface area contributed by atoms with Gasteiger partial charge in [-0.25, -0.2) is 0 Å². The monoisotopic (exact) mass is 354 g/mol. The van der Waals surface area contributed by atoms with Gasteiger partial charge >= 0.3 is 0 Å². The van der Waals surface area contributed by atoms with Crippen molar-refractivity contribution in [3.8, 4) is 28.6 Å². The molecule has 1 saturated carbocycles. The van der Waals surface area contributed by atoms with Crippen LogP contribution in [-0.4, -0.2) is 21.6 Å². The average molecular weight is 354 g/mol. The number of hydrogen-bond acceptors (Lipinski definition) is 6. The summed E-state index contributed by atoms with van der Waals surface area (Å²) in [6.07, 6.45) is 4.42. The number of aromatic hydroxyl groups is 3. The van der Waals surface area contributed by atoms with Gasteiger partial charge in [-0.3, -0.25) is 4.79 Å². The molecule has 1 fully saturated rings. The Balaban J connectivity index is 2.14. The van der Waals surface area contributed by atoms with Crippen LogP contribution in [0.1, 0.15) is 37.2 Å². The maximum Gasteiger partial charge on any atom is 0.224 e. The van der Waals surface area contributed by atoms with Crippen LogP contribution in [-0.2, 0) is 4.79 Å². The fraction of sp³-hybridized carbons (Fsp3) is 0.300. The van der Waals surface area contributed by atoms with Gasteiger partial charge < -0.3 is 24.5 Å². The van der Waals surface area contributed by atoms with Crippen LogP contribution in [0.15, 0.2) is 33.5 Å². The van der Waals surface area contributed by atoms with E-state index in [9.17, 15) is 24.9 Å². The van der Waals surface area contributed by atoms with E-state index in [1.165, 1.54) is 12.1 Å². The Labute approximate surface area is 148 Å². The molecular weight excluding hydrogens is 336 g/mol. The molecule has 0 aromatic heterocycles. The van der Waals surface area contributed by atoms with Crippen LogP contribution >= 0.6 is 0 Å². The first-order valence-electron chi connectivity index (χ1n) is 8.61. The van der Waals surface area contributed by atoms with E-state index in [1.54, 1.807) is 12.1 Å². The number of fused-ring (bicyclic) bond motifs is 2. The van der Waals surface area contributed by atoms with Crippen molar-refractivity contribution < 1.29 is 24.5 Å². The van der Waals surface area contributed by atoms with Crippen LogP contribution in [0.3, 0.4) is 0 Å². The second-order valence-electron chi connectivity index (χ2n) is 6.81. The zero-order valence-corrected chi connectivity index (χ0v) is 13.9. The van der Waals surface area contributed by atoms with Gasteiger partial charge in [0.1, 0.15) is 6.29 Å². The molecule has 1 heterocycles. The fourth-order valence-electron chi connectivity index (χ4n) is 4.07. The molecule has 0 saturated heterocycles. The topological polar surface area (TPSA) is 108 Å². The average Bonchev–Trinajstić information content (AvgIpc) is 2.66. The lowest BCUT2D eigenvalue weighted by Crippen LogP contribution is -2.20. The van der Waals surface area contributed by atoms with E-state index in [4.69, 9.17) is 4.42 Å². The molecule has 134 valence electrons. The maximum absolute atomic E-state index is 11.9. The Bertz CT molecular complexity index is 1030. The summed E-state index contributed by atoms with van der Waals surface area (Å²) in [6.45, 7) is 0. The number of carbonyl (C=O) groups excluding carboxylic acids is 1. The summed E-state index contributed by atoms with van der Waals surface area (Å²) in [5.74, 6) is -1.73. The van der Waals surface area contributed by atoms with Gasteiger partial charge in [-0.15, -0.1) is 0 Å². The predicted molar refractivity (Wildman–Crippen MR) is 94.9 cm³/mol. The van der Waals surface area contributed by atoms with E-state index in [0.717, 1.165) is 37.5 Å². The second kappa shape index (κ2) is 6.05. The molecule has 1 aromatic rings. The quantitative estimate of drug-likeness (QED) is 0.369. The van der Waals surface area contributed by atoms with Gasteiger partial charge in [0.25, 0.3) is 0 Å². The molecule has 26 heavy (non-hydrogen) atoms. The van der Waals surface area contributed by atoms with E-state index in [2.05, 4.69) is 0 Å². The molecule has 6 nitrogen and oxygen atoms in total. The van der Waals surface area contributed by atoms with Gasteiger partial charge in [0.2, 0.25) is 16.9 Å². The number of phenolic OH excluding ortho intramolecular Hbond substituents is 3. The lowest BCUT2D eigenvalue weighted by Gasteiger charge is -2.31. The molecule has 3 N–H and O–H groups in total. The Morgan fingerprint density at radius 1 is 1.00 bits per heavy atom. The minimum Gasteiger partial charge on any atom is -0.504 e. The van der Waals surface area contributed by atoms with Crippen molar-refractivity contribution >= 4 is 17.3 Å². The van der Waals surface area contributed by atoms with Gasteiger partial charge in [-0.1, -0.05) is 12.8 Å². The molecule has 1 unspecified atom stereocenters. The summed E-state index contributed by atoms with van der Waals surface area (Å²) in [5.41, 5.74) is 0.687. The molecule has 0 radical (unpaired) electrons. The first kappa shape index (κ1) is 16.4. The normalized spacial score (nSPS) is 20.5. The highest BCUT2D eigenvalue weighted by atomic mass is 16.4. The number of phenols is 3. The molecule has 0 bridgehead atoms. The van der Waals surface area contributed by atoms with Gasteiger partial charge in [0.15, 0.2) is 17.1 Å². The minimum atomic E-state index is -0.596. The molecule has 0 amide bonds. The Kier molecular flexibility index (Phi) is 3.83.